The molecule has 1 fully saturated rings. The number of carbonyl (C=O) groups is 1. The van der Waals surface area contributed by atoms with Crippen molar-refractivity contribution >= 4 is 18.3 Å². The quantitative estimate of drug-likeness (QED) is 0.685. The predicted octanol–water partition coefficient (Wildman–Crippen LogP) is 1.48. The summed E-state index contributed by atoms with van der Waals surface area (Å²) < 4.78 is 5.82. The van der Waals surface area contributed by atoms with Crippen molar-refractivity contribution in [3.8, 4) is 0 Å². The lowest BCUT2D eigenvalue weighted by Crippen LogP contribution is -2.40. The normalized spacial score (nSPS) is 17.5. The highest BCUT2D eigenvalue weighted by molar-refractivity contribution is 5.85. The molecule has 0 bridgehead atoms. The van der Waals surface area contributed by atoms with Crippen LogP contribution in [0.1, 0.15) is 39.0 Å². The maximum atomic E-state index is 11.8. The van der Waals surface area contributed by atoms with Crippen molar-refractivity contribution < 1.29 is 9.53 Å². The van der Waals surface area contributed by atoms with Crippen molar-refractivity contribution in [1.82, 2.24) is 10.6 Å². The molecule has 17 heavy (non-hydrogen) atoms. The number of likely N-dealkylation sites (N-methyl/N-ethyl adjacent to an activating group) is 1. The van der Waals surface area contributed by atoms with E-state index in [1.54, 1.807) is 0 Å². The number of halogens is 1. The van der Waals surface area contributed by atoms with Crippen molar-refractivity contribution in [3.63, 3.8) is 0 Å². The first-order chi connectivity index (χ1) is 7.77. The Balaban J connectivity index is 0.00000256. The lowest BCUT2D eigenvalue weighted by atomic mass is 10.2. The molecule has 1 aliphatic carbocycles. The predicted molar refractivity (Wildman–Crippen MR) is 71.6 cm³/mol. The van der Waals surface area contributed by atoms with Gasteiger partial charge >= 0.3 is 0 Å². The van der Waals surface area contributed by atoms with Gasteiger partial charge in [0.1, 0.15) is 6.10 Å². The molecule has 0 aromatic carbocycles. The van der Waals surface area contributed by atoms with E-state index in [-0.39, 0.29) is 24.4 Å². The van der Waals surface area contributed by atoms with E-state index < -0.39 is 0 Å². The minimum absolute atomic E-state index is 0. The molecule has 0 aliphatic heterocycles. The van der Waals surface area contributed by atoms with Crippen LogP contribution < -0.4 is 10.6 Å². The first kappa shape index (κ1) is 16.7. The van der Waals surface area contributed by atoms with E-state index >= 15 is 0 Å². The number of hydrogen-bond donors (Lipinski definition) is 2. The van der Waals surface area contributed by atoms with Crippen LogP contribution in [0.15, 0.2) is 0 Å². The van der Waals surface area contributed by atoms with Gasteiger partial charge in [-0.1, -0.05) is 19.8 Å². The molecule has 4 nitrogen and oxygen atoms in total. The molecular weight excluding hydrogens is 240 g/mol. The maximum absolute atomic E-state index is 11.8. The van der Waals surface area contributed by atoms with Gasteiger partial charge in [-0.05, 0) is 26.3 Å². The van der Waals surface area contributed by atoms with Crippen LogP contribution in [-0.2, 0) is 9.53 Å². The Morgan fingerprint density at radius 2 is 2.00 bits per heavy atom. The summed E-state index contributed by atoms with van der Waals surface area (Å²) in [4.78, 5) is 11.8. The van der Waals surface area contributed by atoms with Gasteiger partial charge in [-0.25, -0.2) is 0 Å². The van der Waals surface area contributed by atoms with Crippen molar-refractivity contribution in [1.29, 1.82) is 0 Å². The maximum Gasteiger partial charge on any atom is 0.249 e. The summed E-state index contributed by atoms with van der Waals surface area (Å²) in [5, 5.41) is 5.88. The molecule has 1 unspecified atom stereocenters. The molecule has 1 rings (SSSR count). The zero-order valence-electron chi connectivity index (χ0n) is 10.8. The second-order valence-electron chi connectivity index (χ2n) is 4.33. The van der Waals surface area contributed by atoms with Crippen LogP contribution in [0.4, 0.5) is 0 Å². The Morgan fingerprint density at radius 3 is 2.53 bits per heavy atom. The standard InChI is InChI=1S/C12H24N2O2.ClH/c1-3-11(12(15)14-9-8-13-2)16-10-6-4-5-7-10;/h10-11,13H,3-9H2,1-2H3,(H,14,15);1H. The van der Waals surface area contributed by atoms with Crippen LogP contribution in [0, 0.1) is 0 Å². The first-order valence-corrected chi connectivity index (χ1v) is 6.35. The Hall–Kier alpha value is -0.320. The van der Waals surface area contributed by atoms with Crippen molar-refractivity contribution in [2.45, 2.75) is 51.2 Å². The lowest BCUT2D eigenvalue weighted by Gasteiger charge is -2.20. The molecule has 5 heteroatoms. The fourth-order valence-corrected chi connectivity index (χ4v) is 2.02. The van der Waals surface area contributed by atoms with E-state index in [0.29, 0.717) is 12.6 Å². The molecule has 0 aromatic rings. The van der Waals surface area contributed by atoms with Gasteiger partial charge in [0.15, 0.2) is 0 Å². The number of carbonyl (C=O) groups excluding carboxylic acids is 1. The van der Waals surface area contributed by atoms with Gasteiger partial charge in [0.2, 0.25) is 5.91 Å². The molecule has 0 spiro atoms. The molecule has 1 aliphatic rings. The fraction of sp³-hybridized carbons (Fsp3) is 0.917. The third-order valence-corrected chi connectivity index (χ3v) is 3.00. The van der Waals surface area contributed by atoms with Crippen molar-refractivity contribution in [3.05, 3.63) is 0 Å². The highest BCUT2D eigenvalue weighted by Crippen LogP contribution is 2.22. The van der Waals surface area contributed by atoms with E-state index in [0.717, 1.165) is 25.8 Å². The van der Waals surface area contributed by atoms with Crippen LogP contribution in [-0.4, -0.2) is 38.3 Å². The molecule has 1 atom stereocenters. The molecular formula is C12H25ClN2O2. The Labute approximate surface area is 110 Å². The Morgan fingerprint density at radius 1 is 1.35 bits per heavy atom. The van der Waals surface area contributed by atoms with Gasteiger partial charge in [-0.3, -0.25) is 4.79 Å². The molecule has 0 saturated heterocycles. The van der Waals surface area contributed by atoms with E-state index in [4.69, 9.17) is 4.74 Å². The molecule has 0 radical (unpaired) electrons. The SMILES string of the molecule is CCC(OC1CCCC1)C(=O)NCCNC.Cl. The van der Waals surface area contributed by atoms with Gasteiger partial charge in [0.05, 0.1) is 6.10 Å². The number of amides is 1. The lowest BCUT2D eigenvalue weighted by molar-refractivity contribution is -0.136. The number of rotatable bonds is 7. The topological polar surface area (TPSA) is 50.4 Å². The summed E-state index contributed by atoms with van der Waals surface area (Å²) >= 11 is 0. The van der Waals surface area contributed by atoms with Gasteiger partial charge in [0, 0.05) is 13.1 Å². The van der Waals surface area contributed by atoms with Crippen LogP contribution in [0.5, 0.6) is 0 Å². The van der Waals surface area contributed by atoms with Crippen LogP contribution in [0.3, 0.4) is 0 Å². The summed E-state index contributed by atoms with van der Waals surface area (Å²) in [6.07, 6.45) is 5.49. The molecule has 102 valence electrons. The minimum Gasteiger partial charge on any atom is -0.365 e. The average Bonchev–Trinajstić information content (AvgIpc) is 2.78. The minimum atomic E-state index is -0.264. The Kier molecular flexibility index (Phi) is 9.50. The molecule has 1 saturated carbocycles. The molecule has 0 aromatic heterocycles. The second-order valence-corrected chi connectivity index (χ2v) is 4.33. The smallest absolute Gasteiger partial charge is 0.249 e. The average molecular weight is 265 g/mol. The van der Waals surface area contributed by atoms with Crippen LogP contribution >= 0.6 is 12.4 Å². The summed E-state index contributed by atoms with van der Waals surface area (Å²) in [7, 11) is 1.87. The van der Waals surface area contributed by atoms with E-state index in [1.807, 2.05) is 14.0 Å². The number of hydrogen-bond acceptors (Lipinski definition) is 3. The Bertz CT molecular complexity index is 209. The number of nitrogens with one attached hydrogen (secondary N) is 2. The molecule has 0 heterocycles. The van der Waals surface area contributed by atoms with Gasteiger partial charge in [0.25, 0.3) is 0 Å². The summed E-state index contributed by atoms with van der Waals surface area (Å²) in [5.41, 5.74) is 0. The monoisotopic (exact) mass is 264 g/mol. The van der Waals surface area contributed by atoms with Gasteiger partial charge < -0.3 is 15.4 Å². The van der Waals surface area contributed by atoms with Crippen LogP contribution in [0.25, 0.3) is 0 Å². The first-order valence-electron chi connectivity index (χ1n) is 6.35. The van der Waals surface area contributed by atoms with Gasteiger partial charge in [-0.2, -0.15) is 0 Å². The summed E-state index contributed by atoms with van der Waals surface area (Å²) in [6, 6.07) is 0. The van der Waals surface area contributed by atoms with Crippen molar-refractivity contribution in [2.24, 2.45) is 0 Å². The van der Waals surface area contributed by atoms with E-state index in [1.165, 1.54) is 12.8 Å². The fourth-order valence-electron chi connectivity index (χ4n) is 2.02. The highest BCUT2D eigenvalue weighted by atomic mass is 35.5. The molecule has 2 N–H and O–H groups in total. The third-order valence-electron chi connectivity index (χ3n) is 3.00. The van der Waals surface area contributed by atoms with Crippen molar-refractivity contribution in [2.75, 3.05) is 20.1 Å². The molecule has 1 amide bonds. The largest absolute Gasteiger partial charge is 0.365 e. The zero-order chi connectivity index (χ0) is 11.8. The summed E-state index contributed by atoms with van der Waals surface area (Å²) in [6.45, 7) is 3.46. The zero-order valence-corrected chi connectivity index (χ0v) is 11.6. The third kappa shape index (κ3) is 6.24. The van der Waals surface area contributed by atoms with E-state index in [2.05, 4.69) is 10.6 Å². The second kappa shape index (κ2) is 9.68. The highest BCUT2D eigenvalue weighted by Gasteiger charge is 2.23. The van der Waals surface area contributed by atoms with Crippen LogP contribution in [0.2, 0.25) is 0 Å². The van der Waals surface area contributed by atoms with E-state index in [9.17, 15) is 4.79 Å². The van der Waals surface area contributed by atoms with Gasteiger partial charge in [-0.15, -0.1) is 12.4 Å². The number of ether oxygens (including phenoxy) is 1. The summed E-state index contributed by atoms with van der Waals surface area (Å²) in [5.74, 6) is 0.0321.